The van der Waals surface area contributed by atoms with E-state index in [0.717, 1.165) is 44.9 Å². The highest BCUT2D eigenvalue weighted by molar-refractivity contribution is 5.66. The topological polar surface area (TPSA) is 66.8 Å². The number of carbonyl (C=O) groups is 1. The summed E-state index contributed by atoms with van der Waals surface area (Å²) in [5, 5.41) is 19.7. The van der Waals surface area contributed by atoms with Gasteiger partial charge >= 0.3 is 5.97 Å². The number of hydrogen-bond donors (Lipinski definition) is 2. The van der Waals surface area contributed by atoms with Crippen LogP contribution in [0.25, 0.3) is 0 Å². The van der Waals surface area contributed by atoms with Crippen molar-refractivity contribution in [2.45, 2.75) is 82.0 Å². The molecule has 0 saturated carbocycles. The predicted octanol–water partition coefficient (Wildman–Crippen LogP) is 5.02. The number of unbranched alkanes of at least 4 members (excludes halogenated alkanes) is 1. The minimum Gasteiger partial charge on any atom is -0.481 e. The van der Waals surface area contributed by atoms with E-state index >= 15 is 0 Å². The summed E-state index contributed by atoms with van der Waals surface area (Å²) in [5.74, 6) is 0.287. The standard InChI is InChI=1S/C26H34O4/c27-23(20-12-7-9-18-8-5-6-10-19(18)20)15-14-22-21(24-16-17-25(22)30-24)11-3-1-2-4-13-26(28)29/h1,3,5-6,8,10,14-15,20-25,27H,2,4,7,9,11-13,16-17H2,(H,28,29)/b3-1-,15-14+/t20?,21-,22+,23?,24-,25+/m1/s1. The van der Waals surface area contributed by atoms with Crippen LogP contribution in [0.4, 0.5) is 0 Å². The van der Waals surface area contributed by atoms with Gasteiger partial charge in [0.05, 0.1) is 18.3 Å². The molecule has 1 aliphatic carbocycles. The van der Waals surface area contributed by atoms with Crippen molar-refractivity contribution in [3.63, 3.8) is 0 Å². The molecule has 0 amide bonds. The van der Waals surface area contributed by atoms with Gasteiger partial charge in [-0.1, -0.05) is 48.6 Å². The lowest BCUT2D eigenvalue weighted by Crippen LogP contribution is -2.26. The van der Waals surface area contributed by atoms with Gasteiger partial charge in [-0.15, -0.1) is 0 Å². The van der Waals surface area contributed by atoms with Crippen molar-refractivity contribution in [3.8, 4) is 0 Å². The summed E-state index contributed by atoms with van der Waals surface area (Å²) in [6.07, 6.45) is 17.0. The molecular weight excluding hydrogens is 376 g/mol. The van der Waals surface area contributed by atoms with E-state index in [1.54, 1.807) is 0 Å². The predicted molar refractivity (Wildman–Crippen MR) is 117 cm³/mol. The number of aryl methyl sites for hydroxylation is 1. The fourth-order valence-electron chi connectivity index (χ4n) is 5.65. The zero-order chi connectivity index (χ0) is 20.9. The van der Waals surface area contributed by atoms with E-state index in [1.807, 2.05) is 6.08 Å². The highest BCUT2D eigenvalue weighted by Gasteiger charge is 2.47. The average molecular weight is 411 g/mol. The molecule has 4 heteroatoms. The largest absolute Gasteiger partial charge is 0.481 e. The van der Waals surface area contributed by atoms with E-state index in [2.05, 4.69) is 42.5 Å². The number of aliphatic hydroxyl groups is 1. The fourth-order valence-corrected chi connectivity index (χ4v) is 5.65. The number of aliphatic hydroxyl groups excluding tert-OH is 1. The number of rotatable bonds is 9. The Hall–Kier alpha value is -1.91. The van der Waals surface area contributed by atoms with Crippen molar-refractivity contribution in [2.75, 3.05) is 0 Å². The van der Waals surface area contributed by atoms with Gasteiger partial charge in [0.2, 0.25) is 0 Å². The Kier molecular flexibility index (Phi) is 7.06. The molecule has 0 aromatic heterocycles. The van der Waals surface area contributed by atoms with Crippen molar-refractivity contribution >= 4 is 5.97 Å². The first kappa shape index (κ1) is 21.3. The molecule has 2 heterocycles. The van der Waals surface area contributed by atoms with E-state index in [0.29, 0.717) is 24.4 Å². The van der Waals surface area contributed by atoms with E-state index in [9.17, 15) is 9.90 Å². The first-order valence-corrected chi connectivity index (χ1v) is 11.6. The number of benzene rings is 1. The fraction of sp³-hybridized carbons (Fsp3) is 0.577. The van der Waals surface area contributed by atoms with Gasteiger partial charge in [0.1, 0.15) is 0 Å². The molecule has 30 heavy (non-hydrogen) atoms. The highest BCUT2D eigenvalue weighted by atomic mass is 16.5. The molecule has 4 rings (SSSR count). The van der Waals surface area contributed by atoms with E-state index in [-0.39, 0.29) is 18.4 Å². The molecule has 6 atom stereocenters. The maximum Gasteiger partial charge on any atom is 0.303 e. The van der Waals surface area contributed by atoms with Crippen LogP contribution < -0.4 is 0 Å². The molecule has 4 nitrogen and oxygen atoms in total. The minimum atomic E-state index is -0.728. The zero-order valence-electron chi connectivity index (χ0n) is 17.7. The first-order valence-electron chi connectivity index (χ1n) is 11.6. The normalized spacial score (nSPS) is 31.4. The van der Waals surface area contributed by atoms with Crippen molar-refractivity contribution in [1.29, 1.82) is 0 Å². The maximum absolute atomic E-state index is 11.0. The second-order valence-electron chi connectivity index (χ2n) is 9.10. The number of hydrogen-bond acceptors (Lipinski definition) is 3. The quantitative estimate of drug-likeness (QED) is 0.443. The van der Waals surface area contributed by atoms with Gasteiger partial charge in [-0.05, 0) is 68.4 Å². The Balaban J connectivity index is 1.36. The smallest absolute Gasteiger partial charge is 0.303 e. The summed E-state index contributed by atoms with van der Waals surface area (Å²) in [4.78, 5) is 10.6. The third kappa shape index (κ3) is 4.87. The van der Waals surface area contributed by atoms with Gasteiger partial charge in [-0.2, -0.15) is 0 Å². The average Bonchev–Trinajstić information content (AvgIpc) is 3.35. The lowest BCUT2D eigenvalue weighted by Gasteiger charge is -2.29. The second-order valence-corrected chi connectivity index (χ2v) is 9.10. The lowest BCUT2D eigenvalue weighted by molar-refractivity contribution is -0.137. The van der Waals surface area contributed by atoms with Gasteiger partial charge in [0.25, 0.3) is 0 Å². The number of allylic oxidation sites excluding steroid dienone is 2. The zero-order valence-corrected chi connectivity index (χ0v) is 17.7. The summed E-state index contributed by atoms with van der Waals surface area (Å²) in [5.41, 5.74) is 2.70. The summed E-state index contributed by atoms with van der Waals surface area (Å²) in [6, 6.07) is 8.54. The molecule has 0 spiro atoms. The van der Waals surface area contributed by atoms with Crippen LogP contribution in [0.5, 0.6) is 0 Å². The van der Waals surface area contributed by atoms with Gasteiger partial charge < -0.3 is 14.9 Å². The molecule has 162 valence electrons. The van der Waals surface area contributed by atoms with Crippen molar-refractivity contribution in [1.82, 2.24) is 0 Å². The van der Waals surface area contributed by atoms with Crippen LogP contribution in [0.1, 0.15) is 68.4 Å². The van der Waals surface area contributed by atoms with Gasteiger partial charge in [-0.25, -0.2) is 0 Å². The number of aliphatic carboxylic acids is 1. The second kappa shape index (κ2) is 9.93. The summed E-state index contributed by atoms with van der Waals surface area (Å²) >= 11 is 0. The number of carboxylic acid groups (broad SMARTS) is 1. The molecule has 2 unspecified atom stereocenters. The Morgan fingerprint density at radius 3 is 2.87 bits per heavy atom. The van der Waals surface area contributed by atoms with Crippen LogP contribution in [0.15, 0.2) is 48.6 Å². The Morgan fingerprint density at radius 2 is 2.00 bits per heavy atom. The van der Waals surface area contributed by atoms with Gasteiger partial charge in [0.15, 0.2) is 0 Å². The van der Waals surface area contributed by atoms with Crippen molar-refractivity contribution in [3.05, 3.63) is 59.7 Å². The molecule has 2 saturated heterocycles. The van der Waals surface area contributed by atoms with E-state index in [4.69, 9.17) is 9.84 Å². The summed E-state index contributed by atoms with van der Waals surface area (Å²) in [7, 11) is 0. The summed E-state index contributed by atoms with van der Waals surface area (Å²) in [6.45, 7) is 0. The maximum atomic E-state index is 11.0. The number of carboxylic acids is 1. The highest BCUT2D eigenvalue weighted by Crippen LogP contribution is 2.46. The van der Waals surface area contributed by atoms with Crippen molar-refractivity contribution < 1.29 is 19.7 Å². The Bertz CT molecular complexity index is 783. The van der Waals surface area contributed by atoms with Crippen LogP contribution in [-0.4, -0.2) is 34.5 Å². The molecule has 2 aliphatic heterocycles. The minimum absolute atomic E-state index is 0.193. The van der Waals surface area contributed by atoms with Crippen LogP contribution in [0.3, 0.4) is 0 Å². The summed E-state index contributed by atoms with van der Waals surface area (Å²) < 4.78 is 6.20. The van der Waals surface area contributed by atoms with Crippen LogP contribution in [0.2, 0.25) is 0 Å². The molecule has 1 aromatic carbocycles. The third-order valence-corrected chi connectivity index (χ3v) is 7.18. The SMILES string of the molecule is O=C(O)CCC/C=C\C[C@@H]1[C@H](/C=C/C(O)C2CCCc3ccccc32)[C@@H]2CC[C@H]1O2. The van der Waals surface area contributed by atoms with Gasteiger partial charge in [-0.3, -0.25) is 4.79 Å². The molecule has 2 bridgehead atoms. The first-order chi connectivity index (χ1) is 14.6. The van der Waals surface area contributed by atoms with E-state index in [1.165, 1.54) is 11.1 Å². The third-order valence-electron chi connectivity index (χ3n) is 7.18. The molecule has 2 N–H and O–H groups in total. The van der Waals surface area contributed by atoms with Crippen molar-refractivity contribution in [2.24, 2.45) is 11.8 Å². The molecule has 0 radical (unpaired) electrons. The number of fused-ring (bicyclic) bond motifs is 3. The Labute approximate surface area is 179 Å². The number of ether oxygens (including phenoxy) is 1. The molecule has 3 aliphatic rings. The van der Waals surface area contributed by atoms with Gasteiger partial charge in [0, 0.05) is 18.3 Å². The molecular formula is C26H34O4. The van der Waals surface area contributed by atoms with Crippen LogP contribution in [0, 0.1) is 11.8 Å². The van der Waals surface area contributed by atoms with E-state index < -0.39 is 12.1 Å². The molecule has 1 aromatic rings. The Morgan fingerprint density at radius 1 is 1.17 bits per heavy atom. The lowest BCUT2D eigenvalue weighted by atomic mass is 9.76. The van der Waals surface area contributed by atoms with Crippen LogP contribution in [-0.2, 0) is 16.0 Å². The van der Waals surface area contributed by atoms with Crippen LogP contribution >= 0.6 is 0 Å². The monoisotopic (exact) mass is 410 g/mol. The molecule has 2 fully saturated rings.